The summed E-state index contributed by atoms with van der Waals surface area (Å²) >= 11 is 0. The van der Waals surface area contributed by atoms with Crippen molar-refractivity contribution in [2.24, 2.45) is 0 Å². The van der Waals surface area contributed by atoms with Crippen molar-refractivity contribution in [1.82, 2.24) is 5.32 Å². The summed E-state index contributed by atoms with van der Waals surface area (Å²) in [6.07, 6.45) is 1.39. The van der Waals surface area contributed by atoms with Crippen LogP contribution >= 0.6 is 0 Å². The summed E-state index contributed by atoms with van der Waals surface area (Å²) in [7, 11) is 0. The normalized spacial score (nSPS) is 21.9. The SMILES string of the molecule is Cc1ccc(CNCCOC2C=C(F)C=CC2F)cc1. The monoisotopic (exact) mass is 279 g/mol. The van der Waals surface area contributed by atoms with Gasteiger partial charge in [0.1, 0.15) is 18.1 Å². The summed E-state index contributed by atoms with van der Waals surface area (Å²) in [5.41, 5.74) is 2.41. The molecule has 0 saturated heterocycles. The first-order valence-electron chi connectivity index (χ1n) is 6.72. The van der Waals surface area contributed by atoms with E-state index in [1.54, 1.807) is 0 Å². The molecule has 1 aromatic carbocycles. The molecule has 0 fully saturated rings. The van der Waals surface area contributed by atoms with Gasteiger partial charge in [0, 0.05) is 13.1 Å². The minimum absolute atomic E-state index is 0.342. The number of hydrogen-bond acceptors (Lipinski definition) is 2. The van der Waals surface area contributed by atoms with E-state index in [4.69, 9.17) is 4.74 Å². The van der Waals surface area contributed by atoms with Crippen LogP contribution in [0.3, 0.4) is 0 Å². The third kappa shape index (κ3) is 4.54. The van der Waals surface area contributed by atoms with Crippen molar-refractivity contribution < 1.29 is 13.5 Å². The van der Waals surface area contributed by atoms with Crippen molar-refractivity contribution in [3.8, 4) is 0 Å². The van der Waals surface area contributed by atoms with Crippen LogP contribution in [0.5, 0.6) is 0 Å². The van der Waals surface area contributed by atoms with Crippen molar-refractivity contribution >= 4 is 0 Å². The molecule has 1 aliphatic carbocycles. The molecule has 2 atom stereocenters. The minimum atomic E-state index is -1.27. The number of hydrogen-bond donors (Lipinski definition) is 1. The first-order valence-corrected chi connectivity index (χ1v) is 6.72. The number of aryl methyl sites for hydroxylation is 1. The van der Waals surface area contributed by atoms with Crippen molar-refractivity contribution in [3.05, 3.63) is 59.4 Å². The molecule has 2 unspecified atom stereocenters. The van der Waals surface area contributed by atoms with Gasteiger partial charge in [0.05, 0.1) is 6.61 Å². The fourth-order valence-electron chi connectivity index (χ4n) is 1.94. The second kappa shape index (κ2) is 7.31. The Hall–Kier alpha value is -1.52. The van der Waals surface area contributed by atoms with Gasteiger partial charge in [-0.2, -0.15) is 0 Å². The maximum absolute atomic E-state index is 13.4. The molecule has 2 nitrogen and oxygen atoms in total. The molecular formula is C16H19F2NO. The molecule has 0 saturated carbocycles. The molecule has 108 valence electrons. The van der Waals surface area contributed by atoms with Crippen LogP contribution in [0.2, 0.25) is 0 Å². The lowest BCUT2D eigenvalue weighted by Crippen LogP contribution is -2.28. The van der Waals surface area contributed by atoms with Gasteiger partial charge in [-0.05, 0) is 30.7 Å². The van der Waals surface area contributed by atoms with Crippen molar-refractivity contribution in [1.29, 1.82) is 0 Å². The molecule has 0 heterocycles. The number of ether oxygens (including phenoxy) is 1. The number of nitrogens with one attached hydrogen (secondary N) is 1. The fourth-order valence-corrected chi connectivity index (χ4v) is 1.94. The maximum Gasteiger partial charge on any atom is 0.148 e. The number of benzene rings is 1. The van der Waals surface area contributed by atoms with Gasteiger partial charge < -0.3 is 10.1 Å². The Bertz CT molecular complexity index is 482. The highest BCUT2D eigenvalue weighted by molar-refractivity contribution is 5.22. The molecular weight excluding hydrogens is 260 g/mol. The average Bonchev–Trinajstić information content (AvgIpc) is 2.44. The van der Waals surface area contributed by atoms with E-state index < -0.39 is 18.1 Å². The average molecular weight is 279 g/mol. The van der Waals surface area contributed by atoms with Crippen LogP contribution in [0.4, 0.5) is 8.78 Å². The molecule has 0 aromatic heterocycles. The molecule has 4 heteroatoms. The lowest BCUT2D eigenvalue weighted by atomic mass is 10.1. The fraction of sp³-hybridized carbons (Fsp3) is 0.375. The van der Waals surface area contributed by atoms with Gasteiger partial charge in [-0.3, -0.25) is 0 Å². The molecule has 1 aromatic rings. The second-order valence-electron chi connectivity index (χ2n) is 4.85. The third-order valence-electron chi connectivity index (χ3n) is 3.12. The van der Waals surface area contributed by atoms with Crippen molar-refractivity contribution in [2.75, 3.05) is 13.2 Å². The molecule has 20 heavy (non-hydrogen) atoms. The van der Waals surface area contributed by atoms with Crippen molar-refractivity contribution in [2.45, 2.75) is 25.7 Å². The summed E-state index contributed by atoms with van der Waals surface area (Å²) in [5.74, 6) is -0.448. The summed E-state index contributed by atoms with van der Waals surface area (Å²) < 4.78 is 31.7. The Morgan fingerprint density at radius 2 is 2.00 bits per heavy atom. The molecule has 0 radical (unpaired) electrons. The quantitative estimate of drug-likeness (QED) is 0.807. The largest absolute Gasteiger partial charge is 0.369 e. The van der Waals surface area contributed by atoms with Gasteiger partial charge in [-0.25, -0.2) is 8.78 Å². The van der Waals surface area contributed by atoms with Crippen LogP contribution in [0.1, 0.15) is 11.1 Å². The van der Waals surface area contributed by atoms with E-state index >= 15 is 0 Å². The van der Waals surface area contributed by atoms with Gasteiger partial charge in [-0.1, -0.05) is 29.8 Å². The summed E-state index contributed by atoms with van der Waals surface area (Å²) in [6.45, 7) is 3.71. The van der Waals surface area contributed by atoms with Crippen LogP contribution in [0, 0.1) is 6.92 Å². The van der Waals surface area contributed by atoms with E-state index in [-0.39, 0.29) is 0 Å². The standard InChI is InChI=1S/C16H19F2NO/c1-12-2-4-13(5-3-12)11-19-8-9-20-16-10-14(17)6-7-15(16)18/h2-7,10,15-16,19H,8-9,11H2,1H3. The smallest absolute Gasteiger partial charge is 0.148 e. The zero-order chi connectivity index (χ0) is 14.4. The first-order chi connectivity index (χ1) is 9.65. The topological polar surface area (TPSA) is 21.3 Å². The van der Waals surface area contributed by atoms with Crippen LogP contribution in [-0.4, -0.2) is 25.4 Å². The highest BCUT2D eigenvalue weighted by atomic mass is 19.1. The lowest BCUT2D eigenvalue weighted by Gasteiger charge is -2.19. The van der Waals surface area contributed by atoms with Crippen LogP contribution in [0.15, 0.2) is 48.3 Å². The molecule has 1 aliphatic rings. The van der Waals surface area contributed by atoms with Gasteiger partial charge in [0.15, 0.2) is 0 Å². The summed E-state index contributed by atoms with van der Waals surface area (Å²) in [5, 5.41) is 3.21. The predicted molar refractivity (Wildman–Crippen MR) is 75.9 cm³/mol. The molecule has 0 bridgehead atoms. The predicted octanol–water partition coefficient (Wildman–Crippen LogP) is 3.23. The Balaban J connectivity index is 1.64. The number of rotatable bonds is 6. The van der Waals surface area contributed by atoms with E-state index in [2.05, 4.69) is 29.6 Å². The molecule has 1 N–H and O–H groups in total. The van der Waals surface area contributed by atoms with Crippen LogP contribution < -0.4 is 5.32 Å². The first kappa shape index (κ1) is 14.9. The van der Waals surface area contributed by atoms with E-state index in [1.165, 1.54) is 23.3 Å². The molecule has 0 spiro atoms. The van der Waals surface area contributed by atoms with E-state index in [9.17, 15) is 8.78 Å². The molecule has 2 rings (SSSR count). The Labute approximate surface area is 118 Å². The maximum atomic E-state index is 13.4. The van der Waals surface area contributed by atoms with E-state index in [0.717, 1.165) is 12.6 Å². The third-order valence-corrected chi connectivity index (χ3v) is 3.12. The van der Waals surface area contributed by atoms with Gasteiger partial charge in [0.25, 0.3) is 0 Å². The highest BCUT2D eigenvalue weighted by Gasteiger charge is 2.20. The Morgan fingerprint density at radius 3 is 2.75 bits per heavy atom. The van der Waals surface area contributed by atoms with Crippen molar-refractivity contribution in [3.63, 3.8) is 0 Å². The van der Waals surface area contributed by atoms with E-state index in [0.29, 0.717) is 13.2 Å². The minimum Gasteiger partial charge on any atom is -0.369 e. The highest BCUT2D eigenvalue weighted by Crippen LogP contribution is 2.17. The van der Waals surface area contributed by atoms with Gasteiger partial charge in [0.2, 0.25) is 0 Å². The molecule has 0 aliphatic heterocycles. The van der Waals surface area contributed by atoms with Gasteiger partial charge in [-0.15, -0.1) is 0 Å². The zero-order valence-corrected chi connectivity index (χ0v) is 11.5. The van der Waals surface area contributed by atoms with Crippen LogP contribution in [-0.2, 0) is 11.3 Å². The number of halogens is 2. The number of alkyl halides is 1. The zero-order valence-electron chi connectivity index (χ0n) is 11.5. The Morgan fingerprint density at radius 1 is 1.25 bits per heavy atom. The summed E-state index contributed by atoms with van der Waals surface area (Å²) in [6, 6.07) is 8.24. The lowest BCUT2D eigenvalue weighted by molar-refractivity contribution is 0.0435. The molecule has 0 amide bonds. The van der Waals surface area contributed by atoms with Gasteiger partial charge >= 0.3 is 0 Å². The second-order valence-corrected chi connectivity index (χ2v) is 4.85. The number of allylic oxidation sites excluding steroid dienone is 2. The van der Waals surface area contributed by atoms with Crippen LogP contribution in [0.25, 0.3) is 0 Å². The summed E-state index contributed by atoms with van der Waals surface area (Å²) in [4.78, 5) is 0. The Kier molecular flexibility index (Phi) is 5.44. The van der Waals surface area contributed by atoms with E-state index in [1.807, 2.05) is 6.92 Å².